The molecule has 170 valence electrons. The molecule has 0 aromatic carbocycles. The quantitative estimate of drug-likeness (QED) is 0.545. The van der Waals surface area contributed by atoms with E-state index < -0.39 is 0 Å². The second kappa shape index (κ2) is 8.67. The number of carbonyl (C=O) groups is 1. The van der Waals surface area contributed by atoms with Gasteiger partial charge in [-0.1, -0.05) is 6.07 Å². The Morgan fingerprint density at radius 2 is 2.12 bits per heavy atom. The van der Waals surface area contributed by atoms with E-state index in [4.69, 9.17) is 4.74 Å². The van der Waals surface area contributed by atoms with Crippen molar-refractivity contribution in [3.8, 4) is 10.6 Å². The van der Waals surface area contributed by atoms with Crippen molar-refractivity contribution >= 4 is 17.2 Å². The molecule has 10 heteroatoms. The van der Waals surface area contributed by atoms with Crippen molar-refractivity contribution in [2.24, 2.45) is 7.05 Å². The molecule has 0 N–H and O–H groups in total. The summed E-state index contributed by atoms with van der Waals surface area (Å²) >= 11 is 1.61. The molecule has 0 radical (unpaired) electrons. The number of aryl methyl sites for hydroxylation is 1. The van der Waals surface area contributed by atoms with Gasteiger partial charge in [0.25, 0.3) is 5.91 Å². The summed E-state index contributed by atoms with van der Waals surface area (Å²) in [5.41, 5.74) is 1.34. The fraction of sp³-hybridized carbons (Fsp3) is 0.545. The highest BCUT2D eigenvalue weighted by Crippen LogP contribution is 2.37. The van der Waals surface area contributed by atoms with E-state index in [9.17, 15) is 9.59 Å². The lowest BCUT2D eigenvalue weighted by atomic mass is 9.96. The molecule has 32 heavy (non-hydrogen) atoms. The normalized spacial score (nSPS) is 18.9. The lowest BCUT2D eigenvalue weighted by molar-refractivity contribution is 0.0692. The van der Waals surface area contributed by atoms with Crippen LogP contribution in [0.2, 0.25) is 0 Å². The van der Waals surface area contributed by atoms with Crippen LogP contribution < -0.4 is 5.69 Å². The summed E-state index contributed by atoms with van der Waals surface area (Å²) in [5.74, 6) is 0.844. The number of ether oxygens (including phenoxy) is 1. The summed E-state index contributed by atoms with van der Waals surface area (Å²) in [4.78, 5) is 29.3. The second-order valence-electron chi connectivity index (χ2n) is 8.56. The number of methoxy groups -OCH3 is 1. The van der Waals surface area contributed by atoms with Gasteiger partial charge in [-0.05, 0) is 43.2 Å². The zero-order valence-corrected chi connectivity index (χ0v) is 19.3. The Morgan fingerprint density at radius 3 is 2.84 bits per heavy atom. The Bertz CT molecular complexity index is 1160. The van der Waals surface area contributed by atoms with Gasteiger partial charge in [-0.3, -0.25) is 14.0 Å². The Morgan fingerprint density at radius 1 is 1.28 bits per heavy atom. The Labute approximate surface area is 190 Å². The molecular weight excluding hydrogens is 428 g/mol. The highest BCUT2D eigenvalue weighted by molar-refractivity contribution is 7.13. The maximum absolute atomic E-state index is 13.4. The maximum atomic E-state index is 13.4. The molecule has 1 atom stereocenters. The van der Waals surface area contributed by atoms with Crippen LogP contribution in [0.5, 0.6) is 0 Å². The van der Waals surface area contributed by atoms with Crippen LogP contribution in [0.25, 0.3) is 10.6 Å². The van der Waals surface area contributed by atoms with Gasteiger partial charge < -0.3 is 9.64 Å². The lowest BCUT2D eigenvalue weighted by Crippen LogP contribution is -2.40. The van der Waals surface area contributed by atoms with Gasteiger partial charge in [0.15, 0.2) is 0 Å². The number of nitrogens with zero attached hydrogens (tertiary/aromatic N) is 6. The molecule has 4 heterocycles. The number of thiophene rings is 1. The second-order valence-corrected chi connectivity index (χ2v) is 9.51. The molecule has 1 saturated carbocycles. The van der Waals surface area contributed by atoms with E-state index in [1.807, 2.05) is 40.1 Å². The Balaban J connectivity index is 1.38. The predicted octanol–water partition coefficient (Wildman–Crippen LogP) is 2.51. The smallest absolute Gasteiger partial charge is 0.346 e. The topological polar surface area (TPSA) is 87.2 Å². The summed E-state index contributed by atoms with van der Waals surface area (Å²) in [6.07, 6.45) is 3.83. The largest absolute Gasteiger partial charge is 0.383 e. The van der Waals surface area contributed by atoms with Gasteiger partial charge >= 0.3 is 5.69 Å². The molecule has 5 rings (SSSR count). The van der Waals surface area contributed by atoms with Crippen LogP contribution in [0, 0.1) is 0 Å². The first-order valence-electron chi connectivity index (χ1n) is 11.1. The fourth-order valence-corrected chi connectivity index (χ4v) is 5.14. The van der Waals surface area contributed by atoms with Crippen molar-refractivity contribution in [2.45, 2.75) is 44.2 Å². The highest BCUT2D eigenvalue weighted by Gasteiger charge is 2.35. The van der Waals surface area contributed by atoms with Crippen LogP contribution in [0.1, 0.15) is 54.0 Å². The highest BCUT2D eigenvalue weighted by atomic mass is 32.1. The molecule has 3 aromatic heterocycles. The van der Waals surface area contributed by atoms with Crippen LogP contribution in [0.15, 0.2) is 28.4 Å². The van der Waals surface area contributed by atoms with Crippen molar-refractivity contribution in [3.63, 3.8) is 0 Å². The molecule has 0 spiro atoms. The van der Waals surface area contributed by atoms with Crippen LogP contribution in [-0.4, -0.2) is 61.7 Å². The zero-order valence-electron chi connectivity index (χ0n) is 18.4. The molecule has 9 nitrogen and oxygen atoms in total. The molecule has 3 aromatic rings. The van der Waals surface area contributed by atoms with Crippen LogP contribution in [-0.2, 0) is 18.3 Å². The van der Waals surface area contributed by atoms with Gasteiger partial charge in [-0.25, -0.2) is 9.48 Å². The van der Waals surface area contributed by atoms with Gasteiger partial charge in [0.05, 0.1) is 18.0 Å². The summed E-state index contributed by atoms with van der Waals surface area (Å²) < 4.78 is 10.2. The summed E-state index contributed by atoms with van der Waals surface area (Å²) in [6.45, 7) is 2.15. The number of likely N-dealkylation sites (tertiary alicyclic amines) is 1. The van der Waals surface area contributed by atoms with Crippen molar-refractivity contribution in [1.82, 2.24) is 29.0 Å². The van der Waals surface area contributed by atoms with E-state index in [0.717, 1.165) is 42.1 Å². The maximum Gasteiger partial charge on any atom is 0.346 e. The SMILES string of the molecule is COCCn1nc(C2CCCN(C(=O)c3cc(-c4cccs4)nn3C)C2)n(C2CC2)c1=O. The number of rotatable bonds is 7. The lowest BCUT2D eigenvalue weighted by Gasteiger charge is -2.32. The van der Waals surface area contributed by atoms with E-state index in [2.05, 4.69) is 10.2 Å². The zero-order chi connectivity index (χ0) is 22.2. The number of aromatic nitrogens is 5. The minimum absolute atomic E-state index is 0.0216. The summed E-state index contributed by atoms with van der Waals surface area (Å²) in [5, 5.41) is 11.2. The fourth-order valence-electron chi connectivity index (χ4n) is 4.46. The van der Waals surface area contributed by atoms with E-state index in [1.54, 1.807) is 23.1 Å². The number of amides is 1. The first kappa shape index (κ1) is 21.1. The molecule has 1 saturated heterocycles. The molecule has 2 fully saturated rings. The molecule has 0 bridgehead atoms. The third-order valence-corrected chi connectivity index (χ3v) is 7.15. The van der Waals surface area contributed by atoms with Crippen LogP contribution in [0.3, 0.4) is 0 Å². The summed E-state index contributed by atoms with van der Waals surface area (Å²) in [6, 6.07) is 6.11. The molecule has 1 unspecified atom stereocenters. The van der Waals surface area contributed by atoms with Crippen LogP contribution in [0.4, 0.5) is 0 Å². The Hall–Kier alpha value is -2.72. The average Bonchev–Trinajstić information content (AvgIpc) is 3.20. The Kier molecular flexibility index (Phi) is 5.73. The number of piperidine rings is 1. The minimum atomic E-state index is -0.0600. The van der Waals surface area contributed by atoms with Crippen LogP contribution >= 0.6 is 11.3 Å². The number of hydrogen-bond donors (Lipinski definition) is 0. The predicted molar refractivity (Wildman–Crippen MR) is 121 cm³/mol. The number of carbonyl (C=O) groups excluding carboxylic acids is 1. The third kappa shape index (κ3) is 3.93. The van der Waals surface area contributed by atoms with Crippen molar-refractivity contribution < 1.29 is 9.53 Å². The minimum Gasteiger partial charge on any atom is -0.383 e. The van der Waals surface area contributed by atoms with E-state index >= 15 is 0 Å². The molecule has 2 aliphatic rings. The third-order valence-electron chi connectivity index (χ3n) is 6.26. The van der Waals surface area contributed by atoms with Gasteiger partial charge in [0.1, 0.15) is 17.2 Å². The molecular formula is C22H28N6O3S. The first-order valence-corrected chi connectivity index (χ1v) is 12.0. The standard InChI is InChI=1S/C22H28N6O3S/c1-25-18(13-17(23-25)19-6-4-12-32-19)21(29)26-9-3-5-15(14-26)20-24-27(10-11-31-2)22(30)28(20)16-7-8-16/h4,6,12-13,15-16H,3,5,7-11,14H2,1-2H3. The first-order chi connectivity index (χ1) is 15.6. The van der Waals surface area contributed by atoms with E-state index in [-0.39, 0.29) is 23.6 Å². The van der Waals surface area contributed by atoms with Gasteiger partial charge in [0.2, 0.25) is 0 Å². The van der Waals surface area contributed by atoms with Gasteiger partial charge in [-0.2, -0.15) is 10.2 Å². The van der Waals surface area contributed by atoms with Crippen molar-refractivity contribution in [3.05, 3.63) is 45.6 Å². The monoisotopic (exact) mass is 456 g/mol. The van der Waals surface area contributed by atoms with Gasteiger partial charge in [-0.15, -0.1) is 11.3 Å². The molecule has 1 aliphatic carbocycles. The molecule has 1 aliphatic heterocycles. The molecule has 1 amide bonds. The van der Waals surface area contributed by atoms with E-state index in [1.165, 1.54) is 4.68 Å². The average molecular weight is 457 g/mol. The number of hydrogen-bond acceptors (Lipinski definition) is 6. The van der Waals surface area contributed by atoms with E-state index in [0.29, 0.717) is 31.9 Å². The van der Waals surface area contributed by atoms with Crippen molar-refractivity contribution in [1.29, 1.82) is 0 Å². The van der Waals surface area contributed by atoms with Crippen molar-refractivity contribution in [2.75, 3.05) is 26.8 Å². The summed E-state index contributed by atoms with van der Waals surface area (Å²) in [7, 11) is 3.44. The van der Waals surface area contributed by atoms with Gasteiger partial charge in [0, 0.05) is 39.2 Å².